The van der Waals surface area contributed by atoms with Crippen molar-refractivity contribution in [2.24, 2.45) is 11.8 Å². The number of fused-ring (bicyclic) bond motifs is 6. The first-order valence-corrected chi connectivity index (χ1v) is 25.0. The molecule has 4 aliphatic carbocycles. The van der Waals surface area contributed by atoms with Gasteiger partial charge in [-0.15, -0.1) is 0 Å². The van der Waals surface area contributed by atoms with Crippen LogP contribution in [0.3, 0.4) is 0 Å². The van der Waals surface area contributed by atoms with Gasteiger partial charge >= 0.3 is 0 Å². The van der Waals surface area contributed by atoms with Crippen molar-refractivity contribution in [2.75, 3.05) is 0 Å². The molecule has 2 atom stereocenters. The van der Waals surface area contributed by atoms with Crippen LogP contribution in [0, 0.1) is 53.4 Å². The van der Waals surface area contributed by atoms with Gasteiger partial charge in [-0.3, -0.25) is 0 Å². The van der Waals surface area contributed by atoms with Gasteiger partial charge in [0, 0.05) is 32.9 Å². The third-order valence-corrected chi connectivity index (χ3v) is 17.2. The zero-order chi connectivity index (χ0) is 45.3. The fraction of sp³-hybridized carbons (Fsp3) is 0.250. The molecule has 2 aromatic heterocycles. The zero-order valence-electron chi connectivity index (χ0n) is 40.0. The fourth-order valence-corrected chi connectivity index (χ4v) is 15.3. The van der Waals surface area contributed by atoms with E-state index in [1.165, 1.54) is 143 Å². The van der Waals surface area contributed by atoms with Crippen molar-refractivity contribution >= 4 is 66.7 Å². The molecule has 4 bridgehead atoms. The van der Waals surface area contributed by atoms with E-state index in [9.17, 15) is 0 Å². The molecule has 14 rings (SSSR count). The van der Waals surface area contributed by atoms with Crippen molar-refractivity contribution in [3.8, 4) is 11.4 Å². The number of aryl methyl sites for hydroxylation is 6. The molecule has 0 amide bonds. The zero-order valence-corrected chi connectivity index (χ0v) is 40.0. The normalized spacial score (nSPS) is 21.0. The maximum Gasteiger partial charge on any atom is 0.242 e. The van der Waals surface area contributed by atoms with Crippen LogP contribution in [0.5, 0.6) is 0 Å². The number of para-hydroxylation sites is 3. The van der Waals surface area contributed by atoms with Crippen LogP contribution in [-0.2, 0) is 10.8 Å². The van der Waals surface area contributed by atoms with Crippen molar-refractivity contribution in [1.29, 1.82) is 0 Å². The second-order valence-corrected chi connectivity index (χ2v) is 21.7. The standard InChI is InChI=1S/C64H59BN2/c1-40-29-42(3)61(43(4)30-40)65(62-44(5)31-41(2)32-45(62)6)50-23-19-48(20-24-50)63-35-46-33-47(36-63)38-64(37-46,39-63)49-21-25-51(26-22-49)66-59-18-12-9-15-55(59)56-34-52(27-28-60(56)66)67-57-16-10-7-13-53(57)54-14-8-11-17-58(54)67/h7-32,34,46-47H,33,35-39H2,1-6H3. The van der Waals surface area contributed by atoms with E-state index in [0.717, 1.165) is 11.8 Å². The van der Waals surface area contributed by atoms with Crippen LogP contribution in [0.25, 0.3) is 55.0 Å². The summed E-state index contributed by atoms with van der Waals surface area (Å²) < 4.78 is 4.94. The predicted molar refractivity (Wildman–Crippen MR) is 286 cm³/mol. The summed E-state index contributed by atoms with van der Waals surface area (Å²) in [7, 11) is 0. The molecule has 0 radical (unpaired) electrons. The van der Waals surface area contributed by atoms with Gasteiger partial charge in [-0.1, -0.05) is 165 Å². The molecule has 0 N–H and O–H groups in total. The average molecular weight is 867 g/mol. The molecule has 2 unspecified atom stereocenters. The largest absolute Gasteiger partial charge is 0.309 e. The summed E-state index contributed by atoms with van der Waals surface area (Å²) in [5.41, 5.74) is 23.6. The Balaban J connectivity index is 0.857. The molecule has 0 aliphatic heterocycles. The third-order valence-electron chi connectivity index (χ3n) is 17.2. The Morgan fingerprint density at radius 2 is 0.791 bits per heavy atom. The van der Waals surface area contributed by atoms with Crippen LogP contribution >= 0.6 is 0 Å². The number of nitrogens with zero attached hydrogens (tertiary/aromatic N) is 2. The molecule has 328 valence electrons. The van der Waals surface area contributed by atoms with Gasteiger partial charge < -0.3 is 9.13 Å². The van der Waals surface area contributed by atoms with Crippen LogP contribution in [0.4, 0.5) is 0 Å². The topological polar surface area (TPSA) is 9.86 Å². The Bertz CT molecular complexity index is 3450. The molecule has 10 aromatic rings. The van der Waals surface area contributed by atoms with Crippen LogP contribution in [0.2, 0.25) is 0 Å². The van der Waals surface area contributed by atoms with Crippen LogP contribution in [0.1, 0.15) is 83.0 Å². The van der Waals surface area contributed by atoms with E-state index in [4.69, 9.17) is 0 Å². The molecular formula is C64H59BN2. The first-order chi connectivity index (χ1) is 32.6. The smallest absolute Gasteiger partial charge is 0.242 e. The molecule has 3 heteroatoms. The third kappa shape index (κ3) is 6.23. The lowest BCUT2D eigenvalue weighted by Crippen LogP contribution is -2.57. The Hall–Kier alpha value is -6.58. The number of hydrogen-bond acceptors (Lipinski definition) is 0. The molecule has 4 aliphatic rings. The van der Waals surface area contributed by atoms with E-state index in [1.54, 1.807) is 11.1 Å². The molecular weight excluding hydrogens is 808 g/mol. The van der Waals surface area contributed by atoms with Crippen molar-refractivity contribution in [1.82, 2.24) is 9.13 Å². The van der Waals surface area contributed by atoms with E-state index in [0.29, 0.717) is 0 Å². The second-order valence-electron chi connectivity index (χ2n) is 21.7. The van der Waals surface area contributed by atoms with E-state index in [1.807, 2.05) is 0 Å². The minimum absolute atomic E-state index is 0.202. The maximum atomic E-state index is 2.57. The Labute approximate surface area is 396 Å². The average Bonchev–Trinajstić information content (AvgIpc) is 3.83. The number of hydrogen-bond donors (Lipinski definition) is 0. The number of benzene rings is 8. The van der Waals surface area contributed by atoms with Crippen LogP contribution in [0.15, 0.2) is 164 Å². The van der Waals surface area contributed by atoms with Crippen LogP contribution in [-0.4, -0.2) is 15.8 Å². The highest BCUT2D eigenvalue weighted by atomic mass is 15.0. The van der Waals surface area contributed by atoms with Crippen molar-refractivity contribution in [2.45, 2.75) is 90.9 Å². The summed E-state index contributed by atoms with van der Waals surface area (Å²) in [5, 5.41) is 5.16. The van der Waals surface area contributed by atoms with Gasteiger partial charge in [0.25, 0.3) is 0 Å². The Morgan fingerprint density at radius 3 is 1.27 bits per heavy atom. The molecule has 4 fully saturated rings. The van der Waals surface area contributed by atoms with E-state index in [2.05, 4.69) is 214 Å². The second kappa shape index (κ2) is 15.0. The first kappa shape index (κ1) is 40.7. The molecule has 8 aromatic carbocycles. The van der Waals surface area contributed by atoms with Gasteiger partial charge in [0.1, 0.15) is 0 Å². The minimum atomic E-state index is 0.202. The van der Waals surface area contributed by atoms with Crippen molar-refractivity contribution in [3.05, 3.63) is 208 Å². The lowest BCUT2D eigenvalue weighted by Gasteiger charge is -2.63. The summed E-state index contributed by atoms with van der Waals surface area (Å²) in [6.07, 6.45) is 7.96. The molecule has 2 heterocycles. The summed E-state index contributed by atoms with van der Waals surface area (Å²) in [6, 6.07) is 63.3. The Morgan fingerprint density at radius 1 is 0.403 bits per heavy atom. The van der Waals surface area contributed by atoms with Gasteiger partial charge in [-0.25, -0.2) is 0 Å². The minimum Gasteiger partial charge on any atom is -0.309 e. The fourth-order valence-electron chi connectivity index (χ4n) is 15.3. The van der Waals surface area contributed by atoms with E-state index < -0.39 is 0 Å². The summed E-state index contributed by atoms with van der Waals surface area (Å²) >= 11 is 0. The predicted octanol–water partition coefficient (Wildman–Crippen LogP) is 14.0. The number of rotatable bonds is 7. The van der Waals surface area contributed by atoms with E-state index >= 15 is 0 Å². The Kier molecular flexibility index (Phi) is 9.09. The summed E-state index contributed by atoms with van der Waals surface area (Å²) in [4.78, 5) is 0. The van der Waals surface area contributed by atoms with Crippen molar-refractivity contribution < 1.29 is 0 Å². The molecule has 4 saturated carbocycles. The maximum absolute atomic E-state index is 2.57. The highest BCUT2D eigenvalue weighted by Gasteiger charge is 2.58. The highest BCUT2D eigenvalue weighted by Crippen LogP contribution is 2.66. The lowest BCUT2D eigenvalue weighted by atomic mass is 9.34. The van der Waals surface area contributed by atoms with Gasteiger partial charge in [0.15, 0.2) is 0 Å². The lowest BCUT2D eigenvalue weighted by molar-refractivity contribution is -0.0281. The monoisotopic (exact) mass is 866 g/mol. The number of aromatic nitrogens is 2. The molecule has 2 nitrogen and oxygen atoms in total. The van der Waals surface area contributed by atoms with Gasteiger partial charge in [-0.05, 0) is 162 Å². The first-order valence-electron chi connectivity index (χ1n) is 25.0. The molecule has 67 heavy (non-hydrogen) atoms. The van der Waals surface area contributed by atoms with Gasteiger partial charge in [0.05, 0.1) is 22.1 Å². The SMILES string of the molecule is Cc1cc(C)c(B(c2ccc(C34CC5CC(C3)CC(c3ccc(-n6c7ccccc7c7cc(-n8c9ccccc9c9ccccc98)ccc76)cc3)(C5)C4)cc2)c2c(C)cc(C)cc2C)c(C)c1. The van der Waals surface area contributed by atoms with Crippen LogP contribution < -0.4 is 16.4 Å². The highest BCUT2D eigenvalue weighted by molar-refractivity contribution is 6.96. The summed E-state index contributed by atoms with van der Waals surface area (Å²) in [6.45, 7) is 14.0. The van der Waals surface area contributed by atoms with Gasteiger partial charge in [0.2, 0.25) is 6.71 Å². The molecule has 0 saturated heterocycles. The van der Waals surface area contributed by atoms with Crippen molar-refractivity contribution in [3.63, 3.8) is 0 Å². The molecule has 0 spiro atoms. The summed E-state index contributed by atoms with van der Waals surface area (Å²) in [5.74, 6) is 1.57. The van der Waals surface area contributed by atoms with Gasteiger partial charge in [-0.2, -0.15) is 0 Å². The van der Waals surface area contributed by atoms with E-state index in [-0.39, 0.29) is 17.5 Å². The quantitative estimate of drug-likeness (QED) is 0.141.